The first kappa shape index (κ1) is 16.3. The molecule has 0 radical (unpaired) electrons. The summed E-state index contributed by atoms with van der Waals surface area (Å²) in [4.78, 5) is 0. The quantitative estimate of drug-likeness (QED) is 0.591. The summed E-state index contributed by atoms with van der Waals surface area (Å²) in [7, 11) is 0. The van der Waals surface area contributed by atoms with Crippen molar-refractivity contribution in [2.45, 2.75) is 40.5 Å². The molecule has 2 aromatic rings. The second kappa shape index (κ2) is 6.79. The summed E-state index contributed by atoms with van der Waals surface area (Å²) >= 11 is 0. The monoisotopic (exact) mass is 290 g/mol. The number of allylic oxidation sites excluding steroid dienone is 3. The number of rotatable bonds is 2. The highest BCUT2D eigenvalue weighted by Gasteiger charge is 2.29. The molecule has 1 unspecified atom stereocenters. The molecule has 22 heavy (non-hydrogen) atoms. The van der Waals surface area contributed by atoms with Crippen molar-refractivity contribution in [3.05, 3.63) is 88.5 Å². The van der Waals surface area contributed by atoms with Crippen molar-refractivity contribution < 1.29 is 0 Å². The second-order valence-corrected chi connectivity index (χ2v) is 5.77. The van der Waals surface area contributed by atoms with Crippen LogP contribution in [0.1, 0.15) is 55.9 Å². The topological polar surface area (TPSA) is 0 Å². The lowest BCUT2D eigenvalue weighted by Crippen LogP contribution is -1.99. The predicted molar refractivity (Wildman–Crippen MR) is 98.2 cm³/mol. The standard InChI is InChI=1S/C20H20.C2H6/c1-13(2)19-15(4)20(16-8-6-5-7-9-16)17-11-10-14(3)12-18(17)19;1-2/h5-12,20H,1H2,2-4H3;1-2H3. The highest BCUT2D eigenvalue weighted by atomic mass is 14.3. The van der Waals surface area contributed by atoms with Gasteiger partial charge in [-0.2, -0.15) is 0 Å². The van der Waals surface area contributed by atoms with E-state index in [4.69, 9.17) is 0 Å². The van der Waals surface area contributed by atoms with Crippen LogP contribution in [0.5, 0.6) is 0 Å². The van der Waals surface area contributed by atoms with Crippen LogP contribution in [0, 0.1) is 6.92 Å². The Hall–Kier alpha value is -2.08. The van der Waals surface area contributed by atoms with Gasteiger partial charge in [0.2, 0.25) is 0 Å². The van der Waals surface area contributed by atoms with Crippen molar-refractivity contribution in [2.24, 2.45) is 0 Å². The second-order valence-electron chi connectivity index (χ2n) is 5.77. The first-order chi connectivity index (χ1) is 10.6. The fourth-order valence-corrected chi connectivity index (χ4v) is 3.37. The normalized spacial score (nSPS) is 16.0. The zero-order chi connectivity index (χ0) is 16.3. The van der Waals surface area contributed by atoms with E-state index >= 15 is 0 Å². The first-order valence-electron chi connectivity index (χ1n) is 8.12. The third kappa shape index (κ3) is 2.78. The highest BCUT2D eigenvalue weighted by molar-refractivity contribution is 5.88. The molecule has 0 heterocycles. The van der Waals surface area contributed by atoms with Crippen LogP contribution in [-0.2, 0) is 0 Å². The van der Waals surface area contributed by atoms with E-state index in [1.165, 1.54) is 33.4 Å². The summed E-state index contributed by atoms with van der Waals surface area (Å²) in [6, 6.07) is 17.5. The van der Waals surface area contributed by atoms with Gasteiger partial charge in [-0.05, 0) is 43.0 Å². The van der Waals surface area contributed by atoms with Crippen molar-refractivity contribution in [3.63, 3.8) is 0 Å². The molecule has 0 nitrogen and oxygen atoms in total. The van der Waals surface area contributed by atoms with Crippen molar-refractivity contribution in [3.8, 4) is 0 Å². The average molecular weight is 290 g/mol. The van der Waals surface area contributed by atoms with Crippen LogP contribution in [0.25, 0.3) is 5.57 Å². The van der Waals surface area contributed by atoms with E-state index in [-0.39, 0.29) is 0 Å². The van der Waals surface area contributed by atoms with E-state index < -0.39 is 0 Å². The van der Waals surface area contributed by atoms with E-state index in [0.717, 1.165) is 5.57 Å². The Labute approximate surface area is 135 Å². The molecule has 1 aliphatic rings. The minimum Gasteiger partial charge on any atom is -0.0955 e. The van der Waals surface area contributed by atoms with Crippen LogP contribution in [0.4, 0.5) is 0 Å². The Morgan fingerprint density at radius 3 is 2.18 bits per heavy atom. The van der Waals surface area contributed by atoms with Crippen LogP contribution in [-0.4, -0.2) is 0 Å². The van der Waals surface area contributed by atoms with E-state index in [1.54, 1.807) is 0 Å². The lowest BCUT2D eigenvalue weighted by atomic mass is 9.89. The molecule has 0 aliphatic heterocycles. The Bertz CT molecular complexity index is 702. The molecule has 114 valence electrons. The Balaban J connectivity index is 0.000000847. The number of aryl methyl sites for hydroxylation is 1. The molecule has 0 aromatic heterocycles. The van der Waals surface area contributed by atoms with Gasteiger partial charge in [0.15, 0.2) is 0 Å². The summed E-state index contributed by atoms with van der Waals surface area (Å²) < 4.78 is 0. The molecule has 1 aliphatic carbocycles. The smallest absolute Gasteiger partial charge is 0.0311 e. The van der Waals surface area contributed by atoms with Gasteiger partial charge in [0.05, 0.1) is 0 Å². The molecule has 0 saturated carbocycles. The summed E-state index contributed by atoms with van der Waals surface area (Å²) in [6.45, 7) is 14.7. The molecule has 0 saturated heterocycles. The van der Waals surface area contributed by atoms with E-state index in [1.807, 2.05) is 13.8 Å². The number of fused-ring (bicyclic) bond motifs is 1. The highest BCUT2D eigenvalue weighted by Crippen LogP contribution is 2.47. The van der Waals surface area contributed by atoms with Gasteiger partial charge in [-0.3, -0.25) is 0 Å². The zero-order valence-electron chi connectivity index (χ0n) is 14.4. The third-order valence-electron chi connectivity index (χ3n) is 4.18. The van der Waals surface area contributed by atoms with Crippen molar-refractivity contribution in [1.82, 2.24) is 0 Å². The number of hydrogen-bond acceptors (Lipinski definition) is 0. The van der Waals surface area contributed by atoms with Gasteiger partial charge in [0, 0.05) is 5.92 Å². The van der Waals surface area contributed by atoms with E-state index in [0.29, 0.717) is 5.92 Å². The molecular weight excluding hydrogens is 264 g/mol. The average Bonchev–Trinajstić information content (AvgIpc) is 2.81. The summed E-state index contributed by atoms with van der Waals surface area (Å²) in [6.07, 6.45) is 0. The van der Waals surface area contributed by atoms with Gasteiger partial charge in [0.25, 0.3) is 0 Å². The maximum absolute atomic E-state index is 4.19. The molecular formula is C22H26. The number of hydrogen-bond donors (Lipinski definition) is 0. The van der Waals surface area contributed by atoms with Crippen molar-refractivity contribution in [2.75, 3.05) is 0 Å². The largest absolute Gasteiger partial charge is 0.0955 e. The molecule has 0 spiro atoms. The Morgan fingerprint density at radius 2 is 1.59 bits per heavy atom. The summed E-state index contributed by atoms with van der Waals surface area (Å²) in [5.41, 5.74) is 9.38. The molecule has 0 heteroatoms. The van der Waals surface area contributed by atoms with Crippen LogP contribution in [0.2, 0.25) is 0 Å². The lowest BCUT2D eigenvalue weighted by Gasteiger charge is -2.15. The van der Waals surface area contributed by atoms with Crippen molar-refractivity contribution in [1.29, 1.82) is 0 Å². The zero-order valence-corrected chi connectivity index (χ0v) is 14.4. The third-order valence-corrected chi connectivity index (χ3v) is 4.18. The molecule has 2 aromatic carbocycles. The van der Waals surface area contributed by atoms with Gasteiger partial charge in [-0.15, -0.1) is 0 Å². The lowest BCUT2D eigenvalue weighted by molar-refractivity contribution is 0.974. The maximum atomic E-state index is 4.19. The van der Waals surface area contributed by atoms with Gasteiger partial charge in [-0.1, -0.05) is 85.7 Å². The van der Waals surface area contributed by atoms with Gasteiger partial charge >= 0.3 is 0 Å². The maximum Gasteiger partial charge on any atom is 0.0311 e. The molecule has 0 fully saturated rings. The van der Waals surface area contributed by atoms with Crippen LogP contribution >= 0.6 is 0 Å². The van der Waals surface area contributed by atoms with Gasteiger partial charge in [0.1, 0.15) is 0 Å². The fraction of sp³-hybridized carbons (Fsp3) is 0.273. The first-order valence-corrected chi connectivity index (χ1v) is 8.12. The molecule has 0 amide bonds. The minimum atomic E-state index is 0.374. The van der Waals surface area contributed by atoms with E-state index in [9.17, 15) is 0 Å². The van der Waals surface area contributed by atoms with Gasteiger partial charge < -0.3 is 0 Å². The Morgan fingerprint density at radius 1 is 0.955 bits per heavy atom. The number of benzene rings is 2. The van der Waals surface area contributed by atoms with Gasteiger partial charge in [-0.25, -0.2) is 0 Å². The Kier molecular flexibility index (Phi) is 5.03. The molecule has 0 N–H and O–H groups in total. The fourth-order valence-electron chi connectivity index (χ4n) is 3.37. The summed E-state index contributed by atoms with van der Waals surface area (Å²) in [5.74, 6) is 0.374. The minimum absolute atomic E-state index is 0.374. The summed E-state index contributed by atoms with van der Waals surface area (Å²) in [5, 5.41) is 0. The van der Waals surface area contributed by atoms with Crippen LogP contribution in [0.3, 0.4) is 0 Å². The molecule has 3 rings (SSSR count). The van der Waals surface area contributed by atoms with Crippen LogP contribution < -0.4 is 0 Å². The predicted octanol–water partition coefficient (Wildman–Crippen LogP) is 6.52. The van der Waals surface area contributed by atoms with Crippen LogP contribution in [0.15, 0.2) is 66.3 Å². The van der Waals surface area contributed by atoms with E-state index in [2.05, 4.69) is 75.9 Å². The molecule has 0 bridgehead atoms. The van der Waals surface area contributed by atoms with Crippen molar-refractivity contribution >= 4 is 5.57 Å². The molecule has 1 atom stereocenters. The SMILES string of the molecule is C=C(C)C1=C(C)C(c2ccccc2)c2ccc(C)cc21.CC.